The third-order valence-electron chi connectivity index (χ3n) is 5.43. The number of likely N-dealkylation sites (tertiary alicyclic amines) is 1. The van der Waals surface area contributed by atoms with Gasteiger partial charge in [-0.05, 0) is 37.2 Å². The highest BCUT2D eigenvalue weighted by Gasteiger charge is 2.44. The Morgan fingerprint density at radius 3 is 2.80 bits per heavy atom. The van der Waals surface area contributed by atoms with Gasteiger partial charge >= 0.3 is 0 Å². The van der Waals surface area contributed by atoms with E-state index in [1.165, 1.54) is 0 Å². The van der Waals surface area contributed by atoms with Crippen LogP contribution < -0.4 is 0 Å². The van der Waals surface area contributed by atoms with Crippen molar-refractivity contribution in [3.8, 4) is 12.3 Å². The van der Waals surface area contributed by atoms with Crippen molar-refractivity contribution >= 4 is 5.91 Å². The van der Waals surface area contributed by atoms with Crippen LogP contribution in [0.3, 0.4) is 0 Å². The Morgan fingerprint density at radius 1 is 1.32 bits per heavy atom. The van der Waals surface area contributed by atoms with E-state index >= 15 is 0 Å². The van der Waals surface area contributed by atoms with Gasteiger partial charge in [0, 0.05) is 26.3 Å². The van der Waals surface area contributed by atoms with Crippen LogP contribution in [0.25, 0.3) is 0 Å². The molecule has 2 fully saturated rings. The molecule has 0 aliphatic carbocycles. The van der Waals surface area contributed by atoms with Gasteiger partial charge in [-0.15, -0.1) is 6.42 Å². The van der Waals surface area contributed by atoms with Crippen LogP contribution in [0.4, 0.5) is 0 Å². The maximum atomic E-state index is 13.5. The molecule has 25 heavy (non-hydrogen) atoms. The molecule has 2 saturated heterocycles. The Hall–Kier alpha value is -1.83. The molecule has 3 rings (SSSR count). The molecule has 1 amide bonds. The molecule has 0 spiro atoms. The summed E-state index contributed by atoms with van der Waals surface area (Å²) >= 11 is 0. The number of rotatable bonds is 5. The van der Waals surface area contributed by atoms with Crippen molar-refractivity contribution < 1.29 is 14.3 Å². The Balaban J connectivity index is 1.75. The van der Waals surface area contributed by atoms with Crippen LogP contribution in [-0.4, -0.2) is 50.3 Å². The van der Waals surface area contributed by atoms with Gasteiger partial charge in [0.05, 0.1) is 12.0 Å². The second-order valence-corrected chi connectivity index (χ2v) is 7.04. The van der Waals surface area contributed by atoms with Gasteiger partial charge in [-0.3, -0.25) is 4.79 Å². The van der Waals surface area contributed by atoms with Crippen LogP contribution in [-0.2, 0) is 19.7 Å². The summed E-state index contributed by atoms with van der Waals surface area (Å²) in [6.07, 6.45) is 8.87. The smallest absolute Gasteiger partial charge is 0.233 e. The number of ether oxygens (including phenoxy) is 2. The monoisotopic (exact) mass is 341 g/mol. The molecule has 0 aromatic heterocycles. The highest BCUT2D eigenvalue weighted by molar-refractivity contribution is 5.88. The quantitative estimate of drug-likeness (QED) is 0.610. The maximum absolute atomic E-state index is 13.5. The Kier molecular flexibility index (Phi) is 6.12. The molecule has 1 aromatic rings. The van der Waals surface area contributed by atoms with E-state index in [0.717, 1.165) is 44.3 Å². The van der Waals surface area contributed by atoms with Crippen LogP contribution in [0.5, 0.6) is 0 Å². The summed E-state index contributed by atoms with van der Waals surface area (Å²) in [7, 11) is 0. The number of hydrogen-bond acceptors (Lipinski definition) is 3. The van der Waals surface area contributed by atoms with Crippen LogP contribution >= 0.6 is 0 Å². The minimum absolute atomic E-state index is 0.253. The van der Waals surface area contributed by atoms with E-state index in [1.807, 2.05) is 23.1 Å². The summed E-state index contributed by atoms with van der Waals surface area (Å²) < 4.78 is 11.1. The van der Waals surface area contributed by atoms with Crippen molar-refractivity contribution in [1.82, 2.24) is 4.90 Å². The Bertz CT molecular complexity index is 601. The first-order chi connectivity index (χ1) is 12.3. The molecule has 0 saturated carbocycles. The van der Waals surface area contributed by atoms with Crippen molar-refractivity contribution in [2.75, 3.05) is 39.5 Å². The topological polar surface area (TPSA) is 38.8 Å². The molecular weight excluding hydrogens is 314 g/mol. The van der Waals surface area contributed by atoms with Gasteiger partial charge in [0.15, 0.2) is 0 Å². The van der Waals surface area contributed by atoms with Gasteiger partial charge < -0.3 is 14.4 Å². The average molecular weight is 341 g/mol. The molecule has 1 atom stereocenters. The zero-order chi connectivity index (χ0) is 17.5. The molecule has 2 heterocycles. The van der Waals surface area contributed by atoms with Gasteiger partial charge in [0.1, 0.15) is 6.61 Å². The minimum atomic E-state index is -0.443. The number of piperidine rings is 1. The number of terminal acetylenes is 1. The highest BCUT2D eigenvalue weighted by Crippen LogP contribution is 2.37. The third kappa shape index (κ3) is 4.05. The first kappa shape index (κ1) is 18.0. The zero-order valence-electron chi connectivity index (χ0n) is 14.8. The molecule has 2 aliphatic rings. The number of amides is 1. The third-order valence-corrected chi connectivity index (χ3v) is 5.43. The molecule has 1 unspecified atom stereocenters. The Morgan fingerprint density at radius 2 is 2.08 bits per heavy atom. The second-order valence-electron chi connectivity index (χ2n) is 7.04. The van der Waals surface area contributed by atoms with Gasteiger partial charge in [-0.1, -0.05) is 36.3 Å². The fraction of sp³-hybridized carbons (Fsp3) is 0.571. The minimum Gasteiger partial charge on any atom is -0.381 e. The van der Waals surface area contributed by atoms with E-state index in [1.54, 1.807) is 0 Å². The summed E-state index contributed by atoms with van der Waals surface area (Å²) in [5, 5.41) is 0. The molecule has 1 aromatic carbocycles. The number of benzene rings is 1. The maximum Gasteiger partial charge on any atom is 0.233 e. The van der Waals surface area contributed by atoms with Crippen LogP contribution in [0.1, 0.15) is 31.2 Å². The lowest BCUT2D eigenvalue weighted by atomic mass is 9.72. The second kappa shape index (κ2) is 8.51. The number of nitrogens with zero attached hydrogens (tertiary/aromatic N) is 1. The lowest BCUT2D eigenvalue weighted by Gasteiger charge is -2.42. The van der Waals surface area contributed by atoms with Gasteiger partial charge in [0.25, 0.3) is 0 Å². The van der Waals surface area contributed by atoms with E-state index in [9.17, 15) is 4.79 Å². The molecule has 134 valence electrons. The predicted octanol–water partition coefficient (Wildman–Crippen LogP) is 2.62. The summed E-state index contributed by atoms with van der Waals surface area (Å²) in [5.41, 5.74) is 0.676. The Labute approximate surface area is 150 Å². The average Bonchev–Trinajstić information content (AvgIpc) is 2.69. The zero-order valence-corrected chi connectivity index (χ0v) is 14.8. The fourth-order valence-electron chi connectivity index (χ4n) is 4.08. The molecule has 0 radical (unpaired) electrons. The summed E-state index contributed by atoms with van der Waals surface area (Å²) in [5.74, 6) is 3.13. The SMILES string of the molecule is C#CCOCC1CCCN(C(=O)C2(c3ccccc3)CCOCC2)C1. The van der Waals surface area contributed by atoms with E-state index < -0.39 is 5.41 Å². The van der Waals surface area contributed by atoms with Crippen molar-refractivity contribution in [2.45, 2.75) is 31.1 Å². The van der Waals surface area contributed by atoms with E-state index in [4.69, 9.17) is 15.9 Å². The molecule has 4 nitrogen and oxygen atoms in total. The van der Waals surface area contributed by atoms with Gasteiger partial charge in [0.2, 0.25) is 5.91 Å². The van der Waals surface area contributed by atoms with E-state index in [-0.39, 0.29) is 5.91 Å². The lowest BCUT2D eigenvalue weighted by Crippen LogP contribution is -2.53. The van der Waals surface area contributed by atoms with Crippen molar-refractivity contribution in [1.29, 1.82) is 0 Å². The first-order valence-electron chi connectivity index (χ1n) is 9.20. The largest absolute Gasteiger partial charge is 0.381 e. The van der Waals surface area contributed by atoms with Crippen molar-refractivity contribution in [2.24, 2.45) is 5.92 Å². The van der Waals surface area contributed by atoms with Crippen LogP contribution in [0.2, 0.25) is 0 Å². The molecule has 0 bridgehead atoms. The van der Waals surface area contributed by atoms with Crippen LogP contribution in [0, 0.1) is 18.3 Å². The lowest BCUT2D eigenvalue weighted by molar-refractivity contribution is -0.143. The fourth-order valence-corrected chi connectivity index (χ4v) is 4.08. The van der Waals surface area contributed by atoms with E-state index in [2.05, 4.69) is 18.1 Å². The van der Waals surface area contributed by atoms with E-state index in [0.29, 0.717) is 32.3 Å². The molecular formula is C21H27NO3. The molecule has 4 heteroatoms. The van der Waals surface area contributed by atoms with Gasteiger partial charge in [-0.25, -0.2) is 0 Å². The standard InChI is InChI=1S/C21H27NO3/c1-2-13-25-17-18-7-6-12-22(16-18)20(23)21(10-14-24-15-11-21)19-8-4-3-5-9-19/h1,3-5,8-9,18H,6-7,10-17H2. The molecule has 2 aliphatic heterocycles. The number of carbonyl (C=O) groups excluding carboxylic acids is 1. The van der Waals surface area contributed by atoms with Gasteiger partial charge in [-0.2, -0.15) is 0 Å². The highest BCUT2D eigenvalue weighted by atomic mass is 16.5. The van der Waals surface area contributed by atoms with Crippen LogP contribution in [0.15, 0.2) is 30.3 Å². The summed E-state index contributed by atoms with van der Waals surface area (Å²) in [6.45, 7) is 3.86. The first-order valence-corrected chi connectivity index (χ1v) is 9.20. The summed E-state index contributed by atoms with van der Waals surface area (Å²) in [4.78, 5) is 15.6. The number of carbonyl (C=O) groups is 1. The normalized spacial score (nSPS) is 23.0. The van der Waals surface area contributed by atoms with Crippen molar-refractivity contribution in [3.05, 3.63) is 35.9 Å². The summed E-state index contributed by atoms with van der Waals surface area (Å²) in [6, 6.07) is 10.2. The number of hydrogen-bond donors (Lipinski definition) is 0. The predicted molar refractivity (Wildman–Crippen MR) is 97.1 cm³/mol. The van der Waals surface area contributed by atoms with Crippen molar-refractivity contribution in [3.63, 3.8) is 0 Å². The molecule has 0 N–H and O–H groups in total.